The molecule has 1 saturated heterocycles. The van der Waals surface area contributed by atoms with E-state index < -0.39 is 151 Å². The van der Waals surface area contributed by atoms with E-state index >= 15 is 0 Å². The third-order valence-corrected chi connectivity index (χ3v) is 13.8. The smallest absolute Gasteiger partial charge is 0.326 e. The second-order valence-electron chi connectivity index (χ2n) is 20.3. The predicted molar refractivity (Wildman–Crippen MR) is 296 cm³/mol. The summed E-state index contributed by atoms with van der Waals surface area (Å²) in [6, 6.07) is 7.91. The van der Waals surface area contributed by atoms with Crippen LogP contribution in [0, 0.1) is 5.92 Å². The van der Waals surface area contributed by atoms with Gasteiger partial charge in [0, 0.05) is 19.3 Å². The molecule has 1 aliphatic rings. The average Bonchev–Trinajstić information content (AvgIpc) is 3.46. The van der Waals surface area contributed by atoms with Gasteiger partial charge >= 0.3 is 5.97 Å². The summed E-state index contributed by atoms with van der Waals surface area (Å²) in [5.41, 5.74) is 12.7. The number of carbonyl (C=O) groups excluding carboxylic acids is 10. The number of phenolic OH excluding ortho intramolecular Hbond substituents is 1. The lowest BCUT2D eigenvalue weighted by Crippen LogP contribution is -2.61. The van der Waals surface area contributed by atoms with Crippen LogP contribution >= 0.6 is 0 Å². The van der Waals surface area contributed by atoms with Gasteiger partial charge < -0.3 is 79.7 Å². The molecule has 446 valence electrons. The van der Waals surface area contributed by atoms with Crippen molar-refractivity contribution in [2.45, 2.75) is 152 Å². The molecule has 0 aromatic heterocycles. The summed E-state index contributed by atoms with van der Waals surface area (Å²) < 4.78 is 0. The summed E-state index contributed by atoms with van der Waals surface area (Å²) >= 11 is 0. The highest BCUT2D eigenvalue weighted by Crippen LogP contribution is 2.17. The van der Waals surface area contributed by atoms with Crippen LogP contribution in [0.25, 0.3) is 0 Å². The van der Waals surface area contributed by atoms with Gasteiger partial charge in [0.15, 0.2) is 0 Å². The van der Waals surface area contributed by atoms with E-state index in [1.807, 2.05) is 0 Å². The van der Waals surface area contributed by atoms with Gasteiger partial charge in [-0.2, -0.15) is 0 Å². The van der Waals surface area contributed by atoms with Crippen LogP contribution in [0.4, 0.5) is 0 Å². The van der Waals surface area contributed by atoms with Gasteiger partial charge in [0.2, 0.25) is 59.1 Å². The molecule has 0 radical (unpaired) electrons. The summed E-state index contributed by atoms with van der Waals surface area (Å²) in [4.78, 5) is 150. The highest BCUT2D eigenvalue weighted by Gasteiger charge is 2.36. The number of hydrogen-bond donors (Lipinski definition) is 15. The van der Waals surface area contributed by atoms with Crippen molar-refractivity contribution in [1.82, 2.24) is 47.9 Å². The molecule has 3 aromatic carbocycles. The fraction of sp³-hybridized carbons (Fsp3) is 0.482. The number of nitrogens with two attached hydrogens (primary N) is 2. The van der Waals surface area contributed by atoms with Crippen molar-refractivity contribution < 1.29 is 73.2 Å². The Balaban J connectivity index is 1.69. The SMILES string of the molecule is CC[C@H](C)[C@H](NC(=O)C1CCCCCCC(NC(=O)[C@H](CC(N)=O)NC(=O)[C@@H](N)CO)C(=O)N[C@@H](Cc2ccc(O)cc2)C(=O)N[C@@H](Cc2ccccc2)C(=O)NC(CO)C(=O)N1)C(=O)N[C@@H](C)C(=O)N[C@@H](Cc1ccccc1)C(=O)O. The van der Waals surface area contributed by atoms with Crippen molar-refractivity contribution >= 4 is 65.0 Å². The highest BCUT2D eigenvalue weighted by atomic mass is 16.4. The Bertz CT molecular complexity index is 2670. The third-order valence-electron chi connectivity index (χ3n) is 13.8. The number of carbonyl (C=O) groups is 11. The molecule has 3 aromatic rings. The summed E-state index contributed by atoms with van der Waals surface area (Å²) in [6.45, 7) is 2.94. The van der Waals surface area contributed by atoms with Crippen LogP contribution < -0.4 is 59.3 Å². The number of carboxylic acid groups (broad SMARTS) is 1. The van der Waals surface area contributed by atoms with Gasteiger partial charge in [-0.3, -0.25) is 47.9 Å². The maximum absolute atomic E-state index is 14.5. The Morgan fingerprint density at radius 2 is 1.13 bits per heavy atom. The number of hydrogen-bond acceptors (Lipinski definition) is 15. The molecule has 0 spiro atoms. The third kappa shape index (κ3) is 21.5. The van der Waals surface area contributed by atoms with E-state index in [-0.39, 0.29) is 50.7 Å². The fourth-order valence-corrected chi connectivity index (χ4v) is 8.72. The van der Waals surface area contributed by atoms with E-state index in [1.54, 1.807) is 74.5 Å². The van der Waals surface area contributed by atoms with Crippen molar-refractivity contribution in [3.8, 4) is 5.75 Å². The van der Waals surface area contributed by atoms with Crippen molar-refractivity contribution in [2.24, 2.45) is 17.4 Å². The number of aliphatic carboxylic acids is 1. The number of nitrogens with one attached hydrogen (secondary N) is 9. The number of primary amides is 1. The summed E-state index contributed by atoms with van der Waals surface area (Å²) in [7, 11) is 0. The number of carboxylic acids is 1. The molecular weight excluding hydrogens is 1070 g/mol. The zero-order valence-electron chi connectivity index (χ0n) is 46.1. The molecule has 0 saturated carbocycles. The topological polar surface area (TPSA) is 429 Å². The van der Waals surface area contributed by atoms with Gasteiger partial charge in [-0.05, 0) is 54.5 Å². The van der Waals surface area contributed by atoms with Crippen molar-refractivity contribution in [2.75, 3.05) is 13.2 Å². The molecular formula is C56H77N11O15. The fourth-order valence-electron chi connectivity index (χ4n) is 8.72. The van der Waals surface area contributed by atoms with Crippen LogP contribution in [0.3, 0.4) is 0 Å². The van der Waals surface area contributed by atoms with Gasteiger partial charge in [0.05, 0.1) is 19.6 Å². The molecule has 4 rings (SSSR count). The molecule has 11 atom stereocenters. The van der Waals surface area contributed by atoms with Crippen LogP contribution in [-0.4, -0.2) is 159 Å². The highest BCUT2D eigenvalue weighted by molar-refractivity contribution is 5.99. The summed E-state index contributed by atoms with van der Waals surface area (Å²) in [5, 5.41) is 62.7. The second kappa shape index (κ2) is 33.3. The lowest BCUT2D eigenvalue weighted by molar-refractivity contribution is -0.142. The minimum Gasteiger partial charge on any atom is -0.508 e. The largest absolute Gasteiger partial charge is 0.508 e. The maximum atomic E-state index is 14.5. The Morgan fingerprint density at radius 1 is 0.610 bits per heavy atom. The number of amides is 10. The minimum absolute atomic E-state index is 0.0438. The molecule has 26 heteroatoms. The molecule has 82 heavy (non-hydrogen) atoms. The van der Waals surface area contributed by atoms with Gasteiger partial charge in [-0.25, -0.2) is 4.79 Å². The van der Waals surface area contributed by atoms with Gasteiger partial charge in [-0.1, -0.05) is 119 Å². The first-order valence-electron chi connectivity index (χ1n) is 27.1. The number of aliphatic hydroxyl groups is 2. The van der Waals surface area contributed by atoms with Gasteiger partial charge in [-0.15, -0.1) is 0 Å². The van der Waals surface area contributed by atoms with Crippen LogP contribution in [0.5, 0.6) is 5.75 Å². The van der Waals surface area contributed by atoms with E-state index in [0.29, 0.717) is 36.0 Å². The first-order valence-corrected chi connectivity index (χ1v) is 27.1. The lowest BCUT2D eigenvalue weighted by Gasteiger charge is -2.29. The predicted octanol–water partition coefficient (Wildman–Crippen LogP) is -2.52. The number of aliphatic hydroxyl groups excluding tert-OH is 2. The van der Waals surface area contributed by atoms with Crippen molar-refractivity contribution in [1.29, 1.82) is 0 Å². The van der Waals surface area contributed by atoms with E-state index in [2.05, 4.69) is 47.9 Å². The standard InChI is InChI=1S/C56H77N11O15/c1-4-31(2)46(55(80)59-32(3)47(72)65-43(56(81)82)27-34-17-11-8-12-18-34)67-50(75)39-20-14-6-5-13-19-38(60-53(78)42(28-45(58)71)62-48(73)37(57)29-68)49(74)63-41(26-35-21-23-36(70)24-22-35)51(76)64-40(25-33-15-9-7-10-16-33)52(77)66-44(30-69)54(79)61-39/h7-12,15-18,21-24,31-32,37-44,46,68-70H,4-6,13-14,19-20,25-30,57H2,1-3H3,(H2,58,71)(H,59,80)(H,60,78)(H,61,79)(H,62,73)(H,63,74)(H,64,76)(H,65,72)(H,66,77)(H,67,75)(H,81,82)/t31-,32-,37-,38?,39?,40-,41-,42-,43-,44?,46-/m0/s1. The van der Waals surface area contributed by atoms with Crippen LogP contribution in [-0.2, 0) is 72.0 Å². The van der Waals surface area contributed by atoms with E-state index in [1.165, 1.54) is 31.2 Å². The van der Waals surface area contributed by atoms with Crippen LogP contribution in [0.15, 0.2) is 84.9 Å². The number of aromatic hydroxyl groups is 1. The molecule has 0 bridgehead atoms. The second-order valence-corrected chi connectivity index (χ2v) is 20.3. The normalized spacial score (nSPS) is 20.7. The molecule has 17 N–H and O–H groups in total. The average molecular weight is 1140 g/mol. The molecule has 1 heterocycles. The van der Waals surface area contributed by atoms with Gasteiger partial charge in [0.1, 0.15) is 66.2 Å². The molecule has 3 unspecified atom stereocenters. The number of benzene rings is 3. The first kappa shape index (κ1) is 66.0. The molecule has 26 nitrogen and oxygen atoms in total. The molecule has 1 fully saturated rings. The van der Waals surface area contributed by atoms with E-state index in [9.17, 15) is 73.2 Å². The lowest BCUT2D eigenvalue weighted by atomic mass is 9.96. The Kier molecular flexibility index (Phi) is 26.8. The van der Waals surface area contributed by atoms with Crippen molar-refractivity contribution in [3.05, 3.63) is 102 Å². The number of phenols is 1. The summed E-state index contributed by atoms with van der Waals surface area (Å²) in [6.07, 6.45) is -0.0766. The minimum atomic E-state index is -1.72. The molecule has 10 amide bonds. The maximum Gasteiger partial charge on any atom is 0.326 e. The molecule has 1 aliphatic heterocycles. The molecule has 0 aliphatic carbocycles. The van der Waals surface area contributed by atoms with E-state index in [4.69, 9.17) is 11.5 Å². The Hall–Kier alpha value is -8.49. The quantitative estimate of drug-likeness (QED) is 0.0466. The first-order chi connectivity index (χ1) is 39.0. The zero-order chi connectivity index (χ0) is 60.5. The Labute approximate surface area is 474 Å². The van der Waals surface area contributed by atoms with Crippen LogP contribution in [0.1, 0.15) is 88.8 Å². The van der Waals surface area contributed by atoms with Gasteiger partial charge in [0.25, 0.3) is 0 Å². The van der Waals surface area contributed by atoms with Crippen LogP contribution in [0.2, 0.25) is 0 Å². The monoisotopic (exact) mass is 1140 g/mol. The van der Waals surface area contributed by atoms with E-state index in [0.717, 1.165) is 0 Å². The Morgan fingerprint density at radius 3 is 1.68 bits per heavy atom. The summed E-state index contributed by atoms with van der Waals surface area (Å²) in [5.74, 6) is -11.4. The number of rotatable bonds is 23. The van der Waals surface area contributed by atoms with Crippen molar-refractivity contribution in [3.63, 3.8) is 0 Å². The zero-order valence-corrected chi connectivity index (χ0v) is 46.1.